The van der Waals surface area contributed by atoms with Crippen molar-refractivity contribution >= 4 is 56.4 Å². The molecule has 2 amide bonds. The van der Waals surface area contributed by atoms with Gasteiger partial charge in [-0.2, -0.15) is 0 Å². The topological polar surface area (TPSA) is 79.5 Å². The van der Waals surface area contributed by atoms with Crippen molar-refractivity contribution < 1.29 is 14.3 Å². The number of anilines is 2. The highest BCUT2D eigenvalue weighted by Gasteiger charge is 2.15. The summed E-state index contributed by atoms with van der Waals surface area (Å²) in [5.41, 5.74) is 3.54. The van der Waals surface area contributed by atoms with Crippen LogP contribution in [0.15, 0.2) is 71.2 Å². The number of thiocarbonyl (C=S) groups is 1. The van der Waals surface area contributed by atoms with Crippen LogP contribution in [-0.2, 0) is 5.41 Å². The second-order valence-corrected chi connectivity index (χ2v) is 9.88. The average molecular weight is 540 g/mol. The molecule has 0 radical (unpaired) electrons. The Morgan fingerprint density at radius 3 is 1.91 bits per heavy atom. The maximum Gasteiger partial charge on any atom is 0.257 e. The number of ether oxygens (including phenoxy) is 1. The summed E-state index contributed by atoms with van der Waals surface area (Å²) >= 11 is 8.61. The molecule has 0 aliphatic carbocycles. The number of hydrogen-bond acceptors (Lipinski definition) is 4. The monoisotopic (exact) mass is 539 g/mol. The fraction of sp³-hybridized carbons (Fsp3) is 0.192. The molecule has 0 saturated heterocycles. The molecule has 3 aromatic carbocycles. The molecule has 8 heteroatoms. The number of benzene rings is 3. The summed E-state index contributed by atoms with van der Waals surface area (Å²) in [4.78, 5) is 25.0. The van der Waals surface area contributed by atoms with E-state index < -0.39 is 0 Å². The van der Waals surface area contributed by atoms with Gasteiger partial charge in [-0.1, -0.05) is 32.9 Å². The molecule has 0 unspecified atom stereocenters. The Kier molecular flexibility index (Phi) is 8.06. The van der Waals surface area contributed by atoms with Gasteiger partial charge in [0.15, 0.2) is 5.11 Å². The average Bonchev–Trinajstić information content (AvgIpc) is 2.79. The predicted molar refractivity (Wildman–Crippen MR) is 144 cm³/mol. The van der Waals surface area contributed by atoms with E-state index in [1.54, 1.807) is 49.6 Å². The summed E-state index contributed by atoms with van der Waals surface area (Å²) in [5, 5.41) is 8.65. The first-order valence-corrected chi connectivity index (χ1v) is 11.7. The maximum absolute atomic E-state index is 12.6. The van der Waals surface area contributed by atoms with Crippen molar-refractivity contribution in [3.8, 4) is 5.75 Å². The zero-order valence-corrected chi connectivity index (χ0v) is 21.8. The molecule has 0 saturated carbocycles. The third-order valence-corrected chi connectivity index (χ3v) is 5.88. The molecular formula is C26H26BrN3O3S. The predicted octanol–water partition coefficient (Wildman–Crippen LogP) is 6.13. The Balaban J connectivity index is 1.56. The Hall–Kier alpha value is -3.23. The van der Waals surface area contributed by atoms with Gasteiger partial charge in [-0.3, -0.25) is 14.9 Å². The zero-order chi connectivity index (χ0) is 24.9. The van der Waals surface area contributed by atoms with Crippen LogP contribution in [0, 0.1) is 0 Å². The molecule has 0 atom stereocenters. The van der Waals surface area contributed by atoms with Crippen LogP contribution >= 0.6 is 28.1 Å². The molecule has 0 aliphatic heterocycles. The SMILES string of the molecule is COc1ccc(C(=O)NC(=S)Nc2ccc(NC(=O)c3ccc(C(C)(C)C)cc3)cc2)cc1Br. The Labute approximate surface area is 213 Å². The van der Waals surface area contributed by atoms with Gasteiger partial charge >= 0.3 is 0 Å². The van der Waals surface area contributed by atoms with Crippen LogP contribution in [0.4, 0.5) is 11.4 Å². The number of carbonyl (C=O) groups excluding carboxylic acids is 2. The Bertz CT molecular complexity index is 1200. The second-order valence-electron chi connectivity index (χ2n) is 8.62. The van der Waals surface area contributed by atoms with Crippen LogP contribution in [0.3, 0.4) is 0 Å². The number of methoxy groups -OCH3 is 1. The minimum absolute atomic E-state index is 0.0311. The van der Waals surface area contributed by atoms with Gasteiger partial charge in [0.05, 0.1) is 11.6 Å². The first-order valence-electron chi connectivity index (χ1n) is 10.5. The number of nitrogens with one attached hydrogen (secondary N) is 3. The molecule has 3 aromatic rings. The normalized spacial score (nSPS) is 10.9. The van der Waals surface area contributed by atoms with Crippen LogP contribution in [0.2, 0.25) is 0 Å². The zero-order valence-electron chi connectivity index (χ0n) is 19.4. The molecule has 0 aromatic heterocycles. The standard InChI is InChI=1S/C26H26BrN3O3S/c1-26(2,3)18-8-5-16(6-9-18)23(31)28-19-10-12-20(13-11-19)29-25(34)30-24(32)17-7-14-22(33-4)21(27)15-17/h5-15H,1-4H3,(H,28,31)(H2,29,30,32,34). The number of amides is 2. The fourth-order valence-corrected chi connectivity index (χ4v) is 3.86. The number of hydrogen-bond donors (Lipinski definition) is 3. The van der Waals surface area contributed by atoms with E-state index in [-0.39, 0.29) is 22.3 Å². The summed E-state index contributed by atoms with van der Waals surface area (Å²) in [6, 6.07) is 19.7. The lowest BCUT2D eigenvalue weighted by Gasteiger charge is -2.19. The molecule has 6 nitrogen and oxygen atoms in total. The molecule has 0 aliphatic rings. The quantitative estimate of drug-likeness (QED) is 0.339. The van der Waals surface area contributed by atoms with Gasteiger partial charge in [0.2, 0.25) is 0 Å². The van der Waals surface area contributed by atoms with Crippen molar-refractivity contribution in [2.75, 3.05) is 17.7 Å². The minimum atomic E-state index is -0.345. The van der Waals surface area contributed by atoms with Crippen molar-refractivity contribution in [1.82, 2.24) is 5.32 Å². The van der Waals surface area contributed by atoms with Gasteiger partial charge in [0, 0.05) is 22.5 Å². The van der Waals surface area contributed by atoms with Crippen molar-refractivity contribution in [2.45, 2.75) is 26.2 Å². The largest absolute Gasteiger partial charge is 0.496 e. The number of rotatable bonds is 5. The van der Waals surface area contributed by atoms with E-state index in [4.69, 9.17) is 17.0 Å². The van der Waals surface area contributed by atoms with Crippen LogP contribution in [0.5, 0.6) is 5.75 Å². The third kappa shape index (κ3) is 6.65. The molecule has 3 N–H and O–H groups in total. The lowest BCUT2D eigenvalue weighted by molar-refractivity contribution is 0.0976. The van der Waals surface area contributed by atoms with Crippen LogP contribution < -0.4 is 20.7 Å². The van der Waals surface area contributed by atoms with E-state index in [1.807, 2.05) is 24.3 Å². The highest BCUT2D eigenvalue weighted by atomic mass is 79.9. The van der Waals surface area contributed by atoms with E-state index in [9.17, 15) is 9.59 Å². The molecular weight excluding hydrogens is 514 g/mol. The minimum Gasteiger partial charge on any atom is -0.496 e. The van der Waals surface area contributed by atoms with Gasteiger partial charge in [-0.15, -0.1) is 0 Å². The molecule has 0 spiro atoms. The molecule has 176 valence electrons. The van der Waals surface area contributed by atoms with E-state index in [1.165, 1.54) is 5.56 Å². The molecule has 3 rings (SSSR count). The molecule has 0 fully saturated rings. The number of carbonyl (C=O) groups is 2. The second kappa shape index (κ2) is 10.8. The van der Waals surface area contributed by atoms with E-state index in [0.717, 1.165) is 0 Å². The smallest absolute Gasteiger partial charge is 0.257 e. The third-order valence-electron chi connectivity index (χ3n) is 5.05. The highest BCUT2D eigenvalue weighted by molar-refractivity contribution is 9.10. The van der Waals surface area contributed by atoms with E-state index >= 15 is 0 Å². The van der Waals surface area contributed by atoms with Gasteiger partial charge < -0.3 is 15.4 Å². The highest BCUT2D eigenvalue weighted by Crippen LogP contribution is 2.25. The van der Waals surface area contributed by atoms with Gasteiger partial charge in [-0.05, 0) is 93.7 Å². The van der Waals surface area contributed by atoms with Crippen molar-refractivity contribution in [3.63, 3.8) is 0 Å². The summed E-state index contributed by atoms with van der Waals surface area (Å²) in [5.74, 6) is 0.100. The number of halogens is 1. The summed E-state index contributed by atoms with van der Waals surface area (Å²) < 4.78 is 5.84. The summed E-state index contributed by atoms with van der Waals surface area (Å²) in [7, 11) is 1.56. The Morgan fingerprint density at radius 2 is 1.38 bits per heavy atom. The fourth-order valence-electron chi connectivity index (χ4n) is 3.11. The van der Waals surface area contributed by atoms with Crippen molar-refractivity contribution in [2.24, 2.45) is 0 Å². The van der Waals surface area contributed by atoms with Gasteiger partial charge in [-0.25, -0.2) is 0 Å². The van der Waals surface area contributed by atoms with Crippen LogP contribution in [0.25, 0.3) is 0 Å². The Morgan fingerprint density at radius 1 is 0.824 bits per heavy atom. The van der Waals surface area contributed by atoms with Crippen molar-refractivity contribution in [1.29, 1.82) is 0 Å². The molecule has 34 heavy (non-hydrogen) atoms. The summed E-state index contributed by atoms with van der Waals surface area (Å²) in [6.07, 6.45) is 0. The molecule has 0 bridgehead atoms. The van der Waals surface area contributed by atoms with E-state index in [2.05, 4.69) is 52.7 Å². The maximum atomic E-state index is 12.6. The lowest BCUT2D eigenvalue weighted by atomic mass is 9.87. The van der Waals surface area contributed by atoms with Crippen LogP contribution in [0.1, 0.15) is 47.1 Å². The van der Waals surface area contributed by atoms with Crippen LogP contribution in [-0.4, -0.2) is 24.0 Å². The summed E-state index contributed by atoms with van der Waals surface area (Å²) in [6.45, 7) is 6.40. The van der Waals surface area contributed by atoms with Gasteiger partial charge in [0.1, 0.15) is 5.75 Å². The lowest BCUT2D eigenvalue weighted by Crippen LogP contribution is -2.34. The first-order chi connectivity index (χ1) is 16.1. The van der Waals surface area contributed by atoms with E-state index in [0.29, 0.717) is 32.7 Å². The molecule has 0 heterocycles. The van der Waals surface area contributed by atoms with Gasteiger partial charge in [0.25, 0.3) is 11.8 Å². The van der Waals surface area contributed by atoms with Crippen molar-refractivity contribution in [3.05, 3.63) is 87.9 Å². The first kappa shape index (κ1) is 25.4.